The van der Waals surface area contributed by atoms with Crippen LogP contribution in [0.25, 0.3) is 0 Å². The van der Waals surface area contributed by atoms with Gasteiger partial charge in [-0.25, -0.2) is 26.3 Å². The molecule has 1 fully saturated rings. The summed E-state index contributed by atoms with van der Waals surface area (Å²) in [4.78, 5) is 0. The number of rotatable bonds is 3. The van der Waals surface area contributed by atoms with E-state index < -0.39 is 38.8 Å². The average Bonchev–Trinajstić information content (AvgIpc) is 2.13. The molecule has 12 heteroatoms. The Kier molecular flexibility index (Phi) is 4.05. The van der Waals surface area contributed by atoms with E-state index in [0.717, 1.165) is 0 Å². The topological polar surface area (TPSA) is 27.7 Å². The summed E-state index contributed by atoms with van der Waals surface area (Å²) in [6, 6.07) is 0. The second-order valence-electron chi connectivity index (χ2n) is 4.27. The first-order valence-corrected chi connectivity index (χ1v) is 4.91. The fraction of sp³-hybridized carbons (Fsp3) is 1.00. The molecule has 3 nitrogen and oxygen atoms in total. The van der Waals surface area contributed by atoms with Crippen LogP contribution < -0.4 is 0 Å². The summed E-state index contributed by atoms with van der Waals surface area (Å²) >= 11 is 0. The lowest BCUT2D eigenvalue weighted by Crippen LogP contribution is -2.64. The van der Waals surface area contributed by atoms with Crippen LogP contribution in [0.2, 0.25) is 0 Å². The molecule has 1 heterocycles. The molecule has 0 unspecified atom stereocenters. The van der Waals surface area contributed by atoms with Crippen molar-refractivity contribution < 1.29 is 40.1 Å². The molecule has 0 atom stereocenters. The Labute approximate surface area is 101 Å². The van der Waals surface area contributed by atoms with Crippen molar-refractivity contribution in [3.05, 3.63) is 0 Å². The lowest BCUT2D eigenvalue weighted by molar-refractivity contribution is 0.0124. The maximum absolute atomic E-state index is 12.9. The third kappa shape index (κ3) is 3.82. The van der Waals surface area contributed by atoms with Crippen LogP contribution in [0, 0.1) is 0 Å². The standard InChI is InChI=1S/C6H9B3F6O3/c1-4(10,11)7-16-8(5(2,12)13)18-9(17-7)6(3,14)15/h1-3H3. The smallest absolute Gasteiger partial charge is 0.445 e. The number of hydrogen-bond acceptors (Lipinski definition) is 3. The van der Waals surface area contributed by atoms with Crippen LogP contribution in [-0.4, -0.2) is 38.8 Å². The molecule has 0 N–H and O–H groups in total. The van der Waals surface area contributed by atoms with Gasteiger partial charge in [-0.3, -0.25) is 0 Å². The Bertz CT molecular complexity index is 247. The molecule has 1 aliphatic rings. The zero-order valence-corrected chi connectivity index (χ0v) is 9.72. The maximum Gasteiger partial charge on any atom is 0.506 e. The lowest BCUT2D eigenvalue weighted by Gasteiger charge is -2.36. The first-order valence-electron chi connectivity index (χ1n) is 4.91. The molecule has 0 saturated carbocycles. The molecule has 0 amide bonds. The van der Waals surface area contributed by atoms with Crippen LogP contribution in [0.15, 0.2) is 0 Å². The normalized spacial score (nSPS) is 19.5. The number of halogens is 6. The van der Waals surface area contributed by atoms with Gasteiger partial charge in [-0.15, -0.1) is 0 Å². The van der Waals surface area contributed by atoms with Gasteiger partial charge in [0.25, 0.3) is 17.5 Å². The van der Waals surface area contributed by atoms with Crippen molar-refractivity contribution in [1.82, 2.24) is 0 Å². The van der Waals surface area contributed by atoms with E-state index in [2.05, 4.69) is 13.7 Å². The second-order valence-corrected chi connectivity index (χ2v) is 4.27. The van der Waals surface area contributed by atoms with Crippen LogP contribution in [0.1, 0.15) is 20.8 Å². The van der Waals surface area contributed by atoms with Gasteiger partial charge in [-0.1, -0.05) is 0 Å². The van der Waals surface area contributed by atoms with Gasteiger partial charge in [0.15, 0.2) is 0 Å². The minimum absolute atomic E-state index is 0.304. The predicted octanol–water partition coefficient (Wildman–Crippen LogP) is 2.10. The molecule has 0 radical (unpaired) electrons. The molecular weight excluding hydrogens is 266 g/mol. The van der Waals surface area contributed by atoms with Crippen molar-refractivity contribution in [2.24, 2.45) is 0 Å². The molecule has 0 spiro atoms. The average molecular weight is 276 g/mol. The third-order valence-corrected chi connectivity index (χ3v) is 1.98. The zero-order chi connectivity index (χ0) is 14.4. The summed E-state index contributed by atoms with van der Waals surface area (Å²) in [6.07, 6.45) is 0. The molecule has 0 aromatic heterocycles. The van der Waals surface area contributed by atoms with Crippen LogP contribution >= 0.6 is 0 Å². The van der Waals surface area contributed by atoms with Crippen LogP contribution in [0.4, 0.5) is 26.3 Å². The predicted molar refractivity (Wildman–Crippen MR) is 52.4 cm³/mol. The van der Waals surface area contributed by atoms with Crippen LogP contribution in [0.5, 0.6) is 0 Å². The van der Waals surface area contributed by atoms with Crippen molar-refractivity contribution in [3.8, 4) is 0 Å². The van der Waals surface area contributed by atoms with Gasteiger partial charge in [0.2, 0.25) is 0 Å². The Morgan fingerprint density at radius 2 is 0.722 bits per heavy atom. The fourth-order valence-corrected chi connectivity index (χ4v) is 1.15. The second kappa shape index (κ2) is 4.64. The van der Waals surface area contributed by atoms with Gasteiger partial charge >= 0.3 is 21.4 Å². The Morgan fingerprint density at radius 1 is 0.556 bits per heavy atom. The summed E-state index contributed by atoms with van der Waals surface area (Å²) in [5, 5.41) is 0. The highest BCUT2D eigenvalue weighted by molar-refractivity contribution is 6.76. The lowest BCUT2D eigenvalue weighted by atomic mass is 9.62. The van der Waals surface area contributed by atoms with Crippen molar-refractivity contribution in [2.45, 2.75) is 38.2 Å². The van der Waals surface area contributed by atoms with Gasteiger partial charge in [0.1, 0.15) is 0 Å². The monoisotopic (exact) mass is 276 g/mol. The molecule has 0 aromatic carbocycles. The van der Waals surface area contributed by atoms with Crippen molar-refractivity contribution in [1.29, 1.82) is 0 Å². The van der Waals surface area contributed by atoms with E-state index in [0.29, 0.717) is 20.8 Å². The van der Waals surface area contributed by atoms with E-state index in [9.17, 15) is 26.3 Å². The molecule has 0 bridgehead atoms. The SMILES string of the molecule is CC(F)(F)B1OB(C(C)(F)F)OB(C(C)(F)F)O1. The number of alkyl halides is 6. The van der Waals surface area contributed by atoms with Gasteiger partial charge in [0.05, 0.1) is 0 Å². The Morgan fingerprint density at radius 3 is 0.833 bits per heavy atom. The van der Waals surface area contributed by atoms with E-state index in [1.54, 1.807) is 0 Å². The summed E-state index contributed by atoms with van der Waals surface area (Å²) in [5.74, 6) is -11.2. The summed E-state index contributed by atoms with van der Waals surface area (Å²) in [6.45, 7) is 0.913. The molecular formula is C6H9B3F6O3. The molecule has 1 saturated heterocycles. The van der Waals surface area contributed by atoms with Crippen molar-refractivity contribution >= 4 is 21.4 Å². The zero-order valence-electron chi connectivity index (χ0n) is 9.72. The Balaban J connectivity index is 2.93. The van der Waals surface area contributed by atoms with Crippen LogP contribution in [0.3, 0.4) is 0 Å². The molecule has 0 aliphatic carbocycles. The highest BCUT2D eigenvalue weighted by Gasteiger charge is 2.63. The maximum atomic E-state index is 12.9. The molecule has 1 rings (SSSR count). The molecule has 0 aromatic rings. The van der Waals surface area contributed by atoms with Gasteiger partial charge < -0.3 is 13.7 Å². The van der Waals surface area contributed by atoms with E-state index >= 15 is 0 Å². The first-order chi connectivity index (χ1) is 7.82. The Hall–Kier alpha value is -0.345. The largest absolute Gasteiger partial charge is 0.506 e. The summed E-state index contributed by atoms with van der Waals surface area (Å²) in [7, 11) is -7.59. The van der Waals surface area contributed by atoms with Gasteiger partial charge in [0, 0.05) is 0 Å². The van der Waals surface area contributed by atoms with E-state index in [-0.39, 0.29) is 0 Å². The quantitative estimate of drug-likeness (QED) is 0.583. The highest BCUT2D eigenvalue weighted by Crippen LogP contribution is 2.32. The highest BCUT2D eigenvalue weighted by atomic mass is 19.3. The van der Waals surface area contributed by atoms with Gasteiger partial charge in [-0.05, 0) is 20.8 Å². The van der Waals surface area contributed by atoms with E-state index in [4.69, 9.17) is 0 Å². The first kappa shape index (κ1) is 15.7. The molecule has 1 aliphatic heterocycles. The minimum atomic E-state index is -3.73. The summed E-state index contributed by atoms with van der Waals surface area (Å²) in [5.41, 5.74) is 0. The van der Waals surface area contributed by atoms with Gasteiger partial charge in [-0.2, -0.15) is 0 Å². The van der Waals surface area contributed by atoms with E-state index in [1.165, 1.54) is 0 Å². The fourth-order valence-electron chi connectivity index (χ4n) is 1.15. The molecule has 18 heavy (non-hydrogen) atoms. The molecule has 102 valence electrons. The minimum Gasteiger partial charge on any atom is -0.445 e. The number of hydrogen-bond donors (Lipinski definition) is 0. The van der Waals surface area contributed by atoms with E-state index in [1.807, 2.05) is 0 Å². The summed E-state index contributed by atoms with van der Waals surface area (Å²) < 4.78 is 90.1. The van der Waals surface area contributed by atoms with Crippen LogP contribution in [-0.2, 0) is 13.7 Å². The van der Waals surface area contributed by atoms with Crippen molar-refractivity contribution in [3.63, 3.8) is 0 Å². The third-order valence-electron chi connectivity index (χ3n) is 1.98. The van der Waals surface area contributed by atoms with Crippen molar-refractivity contribution in [2.75, 3.05) is 0 Å².